The molecule has 4 aromatic rings. The number of ether oxygens (including phenoxy) is 1. The molecule has 0 fully saturated rings. The topological polar surface area (TPSA) is 108 Å². The van der Waals surface area contributed by atoms with E-state index < -0.39 is 16.1 Å². The van der Waals surface area contributed by atoms with E-state index in [1.807, 2.05) is 42.2 Å². The summed E-state index contributed by atoms with van der Waals surface area (Å²) in [6.45, 7) is 2.30. The fourth-order valence-electron chi connectivity index (χ4n) is 6.36. The molecule has 1 aliphatic carbocycles. The molecule has 0 spiro atoms. The second-order valence-electron chi connectivity index (χ2n) is 11.8. The molecule has 46 heavy (non-hydrogen) atoms. The summed E-state index contributed by atoms with van der Waals surface area (Å²) in [6, 6.07) is 20.6. The van der Waals surface area contributed by atoms with Crippen molar-refractivity contribution in [3.63, 3.8) is 0 Å². The van der Waals surface area contributed by atoms with Crippen molar-refractivity contribution < 1.29 is 32.2 Å². The molecule has 0 amide bonds. The number of anilines is 1. The van der Waals surface area contributed by atoms with Crippen LogP contribution in [0.3, 0.4) is 0 Å². The summed E-state index contributed by atoms with van der Waals surface area (Å²) in [7, 11) is -2.41. The van der Waals surface area contributed by atoms with Crippen LogP contribution >= 0.6 is 11.3 Å². The van der Waals surface area contributed by atoms with Crippen LogP contribution in [0.1, 0.15) is 41.8 Å². The van der Waals surface area contributed by atoms with Crippen LogP contribution in [-0.2, 0) is 27.9 Å². The number of thiazole rings is 1. The molecular weight excluding hydrogens is 621 g/mol. The largest absolute Gasteiger partial charge is 0.496 e. The highest BCUT2D eigenvalue weighted by atomic mass is 32.2. The third kappa shape index (κ3) is 7.09. The van der Waals surface area contributed by atoms with Gasteiger partial charge in [0.25, 0.3) is 15.1 Å². The summed E-state index contributed by atoms with van der Waals surface area (Å²) in [5, 5.41) is 10.7. The molecule has 0 bridgehead atoms. The summed E-state index contributed by atoms with van der Waals surface area (Å²) >= 11 is 1.67. The van der Waals surface area contributed by atoms with Crippen molar-refractivity contribution in [1.29, 1.82) is 0 Å². The Kier molecular flexibility index (Phi) is 9.13. The average molecular weight is 658 g/mol. The monoisotopic (exact) mass is 657 g/mol. The first-order chi connectivity index (χ1) is 22.1. The number of hydrogen-bond acceptors (Lipinski definition) is 6. The number of hydrogen-bond donors (Lipinski definition) is 2. The Morgan fingerprint density at radius 1 is 1.07 bits per heavy atom. The van der Waals surface area contributed by atoms with Gasteiger partial charge in [0, 0.05) is 36.4 Å². The van der Waals surface area contributed by atoms with E-state index in [-0.39, 0.29) is 12.3 Å². The number of benzene rings is 3. The average Bonchev–Trinajstić information content (AvgIpc) is 3.52. The third-order valence-electron chi connectivity index (χ3n) is 8.48. The van der Waals surface area contributed by atoms with Crippen LogP contribution in [0.2, 0.25) is 0 Å². The van der Waals surface area contributed by atoms with Gasteiger partial charge in [0.15, 0.2) is 6.54 Å². The molecule has 238 valence electrons. The highest BCUT2D eigenvalue weighted by molar-refractivity contribution is 7.85. The van der Waals surface area contributed by atoms with Crippen molar-refractivity contribution in [2.24, 2.45) is 0 Å². The standard InChI is InChI=1S/C36H36N2O6S2/c1-24-16-32-29(21-33(24)44-2)20-30(38(32)23-36(39)40)18-25-8-6-9-26(17-25)19-35-37(14-7-15-46(41,42)43)31-13-12-28(22-34(31)45-35)27-10-4-3-5-11-27/h3-5,10-13,16-19,21-22H,6-9,14-15,20,23H2,1-2H3,(H-,39,40,41,42,43)/p+1. The molecule has 10 heteroatoms. The summed E-state index contributed by atoms with van der Waals surface area (Å²) in [4.78, 5) is 13.7. The Hall–Kier alpha value is -4.25. The maximum Gasteiger partial charge on any atom is 0.323 e. The first kappa shape index (κ1) is 31.7. The van der Waals surface area contributed by atoms with Gasteiger partial charge >= 0.3 is 5.97 Å². The van der Waals surface area contributed by atoms with E-state index in [2.05, 4.69) is 53.1 Å². The summed E-state index contributed by atoms with van der Waals surface area (Å²) in [6.07, 6.45) is 10.2. The summed E-state index contributed by atoms with van der Waals surface area (Å²) in [5.41, 5.74) is 9.44. The number of aromatic nitrogens is 1. The number of allylic oxidation sites excluding steroid dienone is 5. The van der Waals surface area contributed by atoms with Crippen LogP contribution in [0.5, 0.6) is 5.75 Å². The molecule has 2 heterocycles. The molecular formula is C36H37N2O6S2+. The number of aryl methyl sites for hydroxylation is 2. The lowest BCUT2D eigenvalue weighted by molar-refractivity contribution is -0.668. The molecule has 3 aromatic carbocycles. The van der Waals surface area contributed by atoms with E-state index in [0.29, 0.717) is 19.4 Å². The molecule has 0 unspecified atom stereocenters. The number of carboxylic acid groups (broad SMARTS) is 1. The normalized spacial score (nSPS) is 16.7. The fourth-order valence-corrected chi connectivity index (χ4v) is 8.06. The van der Waals surface area contributed by atoms with Crippen molar-refractivity contribution in [2.75, 3.05) is 24.3 Å². The van der Waals surface area contributed by atoms with Gasteiger partial charge in [0.05, 0.1) is 12.9 Å². The van der Waals surface area contributed by atoms with Gasteiger partial charge in [-0.25, -0.2) is 0 Å². The number of nitrogens with zero attached hydrogens (tertiary/aromatic N) is 2. The SMILES string of the molecule is COc1cc2c(cc1C)N(CC(=O)O)/C(=C/C1=CC(=C/c3sc4cc(-c5ccccc5)ccc4[n+]3CCCS(=O)(=O)O)/CCC1)C2. The van der Waals surface area contributed by atoms with E-state index in [4.69, 9.17) is 4.74 Å². The predicted molar refractivity (Wildman–Crippen MR) is 183 cm³/mol. The van der Waals surface area contributed by atoms with Crippen LogP contribution in [0.4, 0.5) is 5.69 Å². The van der Waals surface area contributed by atoms with E-state index >= 15 is 0 Å². The third-order valence-corrected chi connectivity index (χ3v) is 10.4. The molecule has 2 aliphatic rings. The number of fused-ring (bicyclic) bond motifs is 2. The highest BCUT2D eigenvalue weighted by Gasteiger charge is 2.28. The number of carbonyl (C=O) groups is 1. The second-order valence-corrected chi connectivity index (χ2v) is 14.4. The Balaban J connectivity index is 1.35. The van der Waals surface area contributed by atoms with Gasteiger partial charge in [-0.1, -0.05) is 47.7 Å². The Morgan fingerprint density at radius 2 is 1.87 bits per heavy atom. The Bertz CT molecular complexity index is 2010. The smallest absolute Gasteiger partial charge is 0.323 e. The van der Waals surface area contributed by atoms with Crippen molar-refractivity contribution >= 4 is 49.4 Å². The summed E-state index contributed by atoms with van der Waals surface area (Å²) < 4.78 is 41.1. The van der Waals surface area contributed by atoms with Gasteiger partial charge < -0.3 is 14.7 Å². The lowest BCUT2D eigenvalue weighted by atomic mass is 9.94. The molecule has 0 saturated carbocycles. The number of carboxylic acids is 1. The van der Waals surface area contributed by atoms with Crippen molar-refractivity contribution in [3.8, 4) is 16.9 Å². The van der Waals surface area contributed by atoms with Gasteiger partial charge in [0.2, 0.25) is 5.52 Å². The van der Waals surface area contributed by atoms with E-state index in [1.165, 1.54) is 0 Å². The minimum atomic E-state index is -4.06. The molecule has 0 radical (unpaired) electrons. The fraction of sp³-hybridized carbons (Fsp3) is 0.278. The first-order valence-corrected chi connectivity index (χ1v) is 17.8. The second kappa shape index (κ2) is 13.2. The van der Waals surface area contributed by atoms with Crippen LogP contribution in [0, 0.1) is 6.92 Å². The van der Waals surface area contributed by atoms with Crippen molar-refractivity contribution in [1.82, 2.24) is 0 Å². The van der Waals surface area contributed by atoms with Crippen LogP contribution in [0.15, 0.2) is 89.7 Å². The molecule has 1 aromatic heterocycles. The lowest BCUT2D eigenvalue weighted by Gasteiger charge is -2.21. The van der Waals surface area contributed by atoms with Crippen molar-refractivity contribution in [2.45, 2.75) is 45.6 Å². The molecule has 0 atom stereocenters. The molecule has 8 nitrogen and oxygen atoms in total. The maximum atomic E-state index is 11.8. The lowest BCUT2D eigenvalue weighted by Crippen LogP contribution is -2.36. The predicted octanol–water partition coefficient (Wildman–Crippen LogP) is 6.98. The maximum absolute atomic E-state index is 11.8. The summed E-state index contributed by atoms with van der Waals surface area (Å²) in [5.74, 6) is -0.390. The van der Waals surface area contributed by atoms with Crippen LogP contribution in [0.25, 0.3) is 27.4 Å². The van der Waals surface area contributed by atoms with E-state index in [9.17, 15) is 22.9 Å². The molecule has 1 aliphatic heterocycles. The zero-order valence-corrected chi connectivity index (χ0v) is 27.5. The number of methoxy groups -OCH3 is 1. The zero-order valence-electron chi connectivity index (χ0n) is 25.9. The minimum Gasteiger partial charge on any atom is -0.496 e. The van der Waals surface area contributed by atoms with Gasteiger partial charge in [-0.05, 0) is 89.9 Å². The minimum absolute atomic E-state index is 0.114. The quantitative estimate of drug-likeness (QED) is 0.140. The number of rotatable bonds is 10. The van der Waals surface area contributed by atoms with Crippen LogP contribution < -0.4 is 14.2 Å². The van der Waals surface area contributed by atoms with Gasteiger partial charge in [-0.15, -0.1) is 0 Å². The Morgan fingerprint density at radius 3 is 2.61 bits per heavy atom. The van der Waals surface area contributed by atoms with E-state index in [1.54, 1.807) is 18.4 Å². The van der Waals surface area contributed by atoms with Crippen molar-refractivity contribution in [3.05, 3.63) is 106 Å². The molecule has 6 rings (SSSR count). The van der Waals surface area contributed by atoms with Crippen LogP contribution in [-0.4, -0.2) is 43.5 Å². The zero-order chi connectivity index (χ0) is 32.4. The highest BCUT2D eigenvalue weighted by Crippen LogP contribution is 2.40. The van der Waals surface area contributed by atoms with Gasteiger partial charge in [-0.2, -0.15) is 13.0 Å². The Labute approximate surface area is 273 Å². The van der Waals surface area contributed by atoms with Gasteiger partial charge in [0.1, 0.15) is 17.0 Å². The first-order valence-electron chi connectivity index (χ1n) is 15.3. The molecule has 0 saturated heterocycles. The number of aliphatic carboxylic acids is 1. The molecule has 2 N–H and O–H groups in total. The van der Waals surface area contributed by atoms with Gasteiger partial charge in [-0.3, -0.25) is 9.35 Å². The van der Waals surface area contributed by atoms with E-state index in [0.717, 1.165) is 85.0 Å².